The van der Waals surface area contributed by atoms with E-state index in [1.54, 1.807) is 12.1 Å². The maximum atomic E-state index is 13.2. The van der Waals surface area contributed by atoms with Crippen molar-refractivity contribution in [1.82, 2.24) is 0 Å². The van der Waals surface area contributed by atoms with Crippen LogP contribution < -0.4 is 4.74 Å². The van der Waals surface area contributed by atoms with Crippen molar-refractivity contribution in [2.24, 2.45) is 0 Å². The van der Waals surface area contributed by atoms with Crippen LogP contribution in [0.3, 0.4) is 0 Å². The molecule has 0 amide bonds. The second-order valence-electron chi connectivity index (χ2n) is 4.82. The maximum absolute atomic E-state index is 13.2. The molecule has 0 fully saturated rings. The second-order valence-corrected chi connectivity index (χ2v) is 7.64. The molecule has 0 saturated carbocycles. The molecule has 2 rings (SSSR count). The largest absolute Gasteiger partial charge is 0.496 e. The minimum atomic E-state index is -3.79. The van der Waals surface area contributed by atoms with E-state index in [1.165, 1.54) is 26.4 Å². The molecule has 0 aliphatic rings. The Bertz CT molecular complexity index is 880. The second kappa shape index (κ2) is 7.31. The van der Waals surface area contributed by atoms with Gasteiger partial charge in [0.25, 0.3) is 0 Å². The summed E-state index contributed by atoms with van der Waals surface area (Å²) < 4.78 is 48.4. The Morgan fingerprint density at radius 2 is 1.92 bits per heavy atom. The first-order chi connectivity index (χ1) is 11.3. The van der Waals surface area contributed by atoms with Gasteiger partial charge in [-0.25, -0.2) is 17.6 Å². The van der Waals surface area contributed by atoms with Crippen molar-refractivity contribution in [2.45, 2.75) is 10.6 Å². The van der Waals surface area contributed by atoms with Gasteiger partial charge in [-0.1, -0.05) is 12.1 Å². The fourth-order valence-corrected chi connectivity index (χ4v) is 4.73. The molecule has 0 saturated heterocycles. The highest BCUT2D eigenvalue weighted by Crippen LogP contribution is 2.31. The summed E-state index contributed by atoms with van der Waals surface area (Å²) in [5.41, 5.74) is 0.433. The normalized spacial score (nSPS) is 11.2. The summed E-state index contributed by atoms with van der Waals surface area (Å²) >= 11 is 3.06. The fourth-order valence-electron chi connectivity index (χ4n) is 2.22. The van der Waals surface area contributed by atoms with E-state index in [9.17, 15) is 17.6 Å². The summed E-state index contributed by atoms with van der Waals surface area (Å²) in [5, 5.41) is 0. The van der Waals surface area contributed by atoms with Gasteiger partial charge in [0.1, 0.15) is 17.1 Å². The van der Waals surface area contributed by atoms with Crippen molar-refractivity contribution in [3.05, 3.63) is 57.8 Å². The summed E-state index contributed by atoms with van der Waals surface area (Å²) in [7, 11) is -1.23. The Labute approximate surface area is 147 Å². The molecule has 0 radical (unpaired) electrons. The summed E-state index contributed by atoms with van der Waals surface area (Å²) in [6.45, 7) is 0. The highest BCUT2D eigenvalue weighted by molar-refractivity contribution is 9.10. The van der Waals surface area contributed by atoms with Gasteiger partial charge in [-0.3, -0.25) is 0 Å². The van der Waals surface area contributed by atoms with Gasteiger partial charge in [-0.15, -0.1) is 0 Å². The molecule has 0 atom stereocenters. The molecule has 0 unspecified atom stereocenters. The fraction of sp³-hybridized carbons (Fsp3) is 0.188. The molecule has 0 aliphatic heterocycles. The molecule has 128 valence electrons. The van der Waals surface area contributed by atoms with E-state index < -0.39 is 27.4 Å². The maximum Gasteiger partial charge on any atom is 0.341 e. The van der Waals surface area contributed by atoms with E-state index in [4.69, 9.17) is 4.74 Å². The number of esters is 1. The first-order valence-electron chi connectivity index (χ1n) is 6.72. The Kier molecular flexibility index (Phi) is 5.61. The average molecular weight is 417 g/mol. The SMILES string of the molecule is COC(=O)c1cccc(CS(=O)(=O)c2ccc(F)cc2Br)c1OC. The van der Waals surface area contributed by atoms with Crippen molar-refractivity contribution in [1.29, 1.82) is 0 Å². The molecule has 2 aromatic carbocycles. The molecule has 0 heterocycles. The number of hydrogen-bond acceptors (Lipinski definition) is 5. The lowest BCUT2D eigenvalue weighted by molar-refractivity contribution is 0.0597. The summed E-state index contributed by atoms with van der Waals surface area (Å²) in [5.74, 6) is -1.46. The van der Waals surface area contributed by atoms with E-state index >= 15 is 0 Å². The molecule has 8 heteroatoms. The Morgan fingerprint density at radius 3 is 2.50 bits per heavy atom. The number of sulfone groups is 1. The monoisotopic (exact) mass is 416 g/mol. The van der Waals surface area contributed by atoms with Gasteiger partial charge in [0.2, 0.25) is 0 Å². The minimum absolute atomic E-state index is 0.0468. The Morgan fingerprint density at radius 1 is 1.21 bits per heavy atom. The van der Waals surface area contributed by atoms with Crippen molar-refractivity contribution >= 4 is 31.7 Å². The van der Waals surface area contributed by atoms with Crippen molar-refractivity contribution in [2.75, 3.05) is 14.2 Å². The zero-order valence-electron chi connectivity index (χ0n) is 12.9. The third-order valence-corrected chi connectivity index (χ3v) is 5.92. The number of benzene rings is 2. The molecule has 5 nitrogen and oxygen atoms in total. The number of methoxy groups -OCH3 is 2. The van der Waals surface area contributed by atoms with Crippen LogP contribution in [0.1, 0.15) is 15.9 Å². The lowest BCUT2D eigenvalue weighted by Crippen LogP contribution is -2.10. The first-order valence-corrected chi connectivity index (χ1v) is 9.16. The van der Waals surface area contributed by atoms with Gasteiger partial charge < -0.3 is 9.47 Å². The van der Waals surface area contributed by atoms with Gasteiger partial charge in [-0.2, -0.15) is 0 Å². The van der Waals surface area contributed by atoms with Crippen LogP contribution in [-0.4, -0.2) is 28.6 Å². The highest BCUT2D eigenvalue weighted by atomic mass is 79.9. The molecular formula is C16H14BrFO5S. The van der Waals surface area contributed by atoms with Gasteiger partial charge in [0.15, 0.2) is 9.84 Å². The summed E-state index contributed by atoms with van der Waals surface area (Å²) in [4.78, 5) is 11.7. The molecule has 2 aromatic rings. The molecule has 0 spiro atoms. The predicted octanol–water partition coefficient (Wildman–Crippen LogP) is 3.36. The van der Waals surface area contributed by atoms with Crippen molar-refractivity contribution in [3.8, 4) is 5.75 Å². The summed E-state index contributed by atoms with van der Waals surface area (Å²) in [6, 6.07) is 7.90. The van der Waals surface area contributed by atoms with Crippen LogP contribution >= 0.6 is 15.9 Å². The van der Waals surface area contributed by atoms with E-state index in [-0.39, 0.29) is 20.7 Å². The number of ether oxygens (including phenoxy) is 2. The van der Waals surface area contributed by atoms with Crippen LogP contribution in [0.2, 0.25) is 0 Å². The van der Waals surface area contributed by atoms with E-state index in [1.807, 2.05) is 0 Å². The number of hydrogen-bond donors (Lipinski definition) is 0. The molecule has 0 aromatic heterocycles. The van der Waals surface area contributed by atoms with Crippen molar-refractivity contribution < 1.29 is 27.1 Å². The third kappa shape index (κ3) is 3.76. The van der Waals surface area contributed by atoms with E-state index in [0.717, 1.165) is 12.1 Å². The van der Waals surface area contributed by atoms with Crippen LogP contribution in [0.5, 0.6) is 5.75 Å². The third-order valence-electron chi connectivity index (χ3n) is 3.28. The average Bonchev–Trinajstić information content (AvgIpc) is 2.53. The molecule has 0 aliphatic carbocycles. The zero-order valence-corrected chi connectivity index (χ0v) is 15.3. The van der Waals surface area contributed by atoms with Gasteiger partial charge in [-0.05, 0) is 40.2 Å². The first kappa shape index (κ1) is 18.4. The van der Waals surface area contributed by atoms with E-state index in [0.29, 0.717) is 5.56 Å². The summed E-state index contributed by atoms with van der Waals surface area (Å²) in [6.07, 6.45) is 0. The van der Waals surface area contributed by atoms with Gasteiger partial charge >= 0.3 is 5.97 Å². The van der Waals surface area contributed by atoms with Crippen LogP contribution in [-0.2, 0) is 20.3 Å². The van der Waals surface area contributed by atoms with Crippen LogP contribution in [0.25, 0.3) is 0 Å². The smallest absolute Gasteiger partial charge is 0.341 e. The molecule has 24 heavy (non-hydrogen) atoms. The topological polar surface area (TPSA) is 69.7 Å². The molecule has 0 bridgehead atoms. The van der Waals surface area contributed by atoms with Crippen LogP contribution in [0, 0.1) is 5.82 Å². The quantitative estimate of drug-likeness (QED) is 0.551. The lowest BCUT2D eigenvalue weighted by atomic mass is 10.1. The zero-order chi connectivity index (χ0) is 17.9. The van der Waals surface area contributed by atoms with Crippen molar-refractivity contribution in [3.63, 3.8) is 0 Å². The number of carbonyl (C=O) groups excluding carboxylic acids is 1. The number of para-hydroxylation sites is 1. The minimum Gasteiger partial charge on any atom is -0.496 e. The Hall–Kier alpha value is -1.93. The Balaban J connectivity index is 2.48. The number of halogens is 2. The molecular weight excluding hydrogens is 403 g/mol. The predicted molar refractivity (Wildman–Crippen MR) is 89.3 cm³/mol. The lowest BCUT2D eigenvalue weighted by Gasteiger charge is -2.13. The molecule has 0 N–H and O–H groups in total. The number of carbonyl (C=O) groups is 1. The van der Waals surface area contributed by atoms with E-state index in [2.05, 4.69) is 20.7 Å². The van der Waals surface area contributed by atoms with Gasteiger partial charge in [0.05, 0.1) is 24.9 Å². The number of rotatable bonds is 5. The van der Waals surface area contributed by atoms with Crippen LogP contribution in [0.4, 0.5) is 4.39 Å². The van der Waals surface area contributed by atoms with Crippen LogP contribution in [0.15, 0.2) is 45.8 Å². The highest BCUT2D eigenvalue weighted by Gasteiger charge is 2.23. The van der Waals surface area contributed by atoms with Gasteiger partial charge in [0, 0.05) is 10.0 Å². The standard InChI is InChI=1S/C16H14BrFO5S/c1-22-15-10(4-3-5-12(15)16(19)23-2)9-24(20,21)14-7-6-11(18)8-13(14)17/h3-8H,9H2,1-2H3.